The van der Waals surface area contributed by atoms with E-state index in [1.807, 2.05) is 19.1 Å². The molecule has 2 aromatic rings. The minimum absolute atomic E-state index is 0.0950. The van der Waals surface area contributed by atoms with Gasteiger partial charge in [0, 0.05) is 18.5 Å². The zero-order chi connectivity index (χ0) is 15.3. The lowest BCUT2D eigenvalue weighted by atomic mass is 10.2. The summed E-state index contributed by atoms with van der Waals surface area (Å²) in [6.07, 6.45) is -3.41. The molecule has 1 heterocycles. The fourth-order valence-electron chi connectivity index (χ4n) is 1.61. The smallest absolute Gasteiger partial charge is 0.377 e. The van der Waals surface area contributed by atoms with Crippen molar-refractivity contribution in [1.29, 1.82) is 0 Å². The summed E-state index contributed by atoms with van der Waals surface area (Å²) in [5.41, 5.74) is 0.606. The van der Waals surface area contributed by atoms with E-state index in [2.05, 4.69) is 15.3 Å². The maximum absolute atomic E-state index is 12.5. The Morgan fingerprint density at radius 1 is 1.14 bits per heavy atom. The molecule has 0 atom stereocenters. The van der Waals surface area contributed by atoms with Crippen LogP contribution >= 0.6 is 0 Å². The normalized spacial score (nSPS) is 11.4. The van der Waals surface area contributed by atoms with Gasteiger partial charge in [-0.2, -0.15) is 13.2 Å². The molecule has 2 rings (SSSR count). The molecule has 0 aliphatic heterocycles. The zero-order valence-corrected chi connectivity index (χ0v) is 11.3. The number of aromatic nitrogens is 2. The van der Waals surface area contributed by atoms with Crippen molar-refractivity contribution < 1.29 is 17.9 Å². The van der Waals surface area contributed by atoms with Crippen molar-refractivity contribution in [3.8, 4) is 0 Å². The highest BCUT2D eigenvalue weighted by atomic mass is 19.4. The van der Waals surface area contributed by atoms with E-state index in [-0.39, 0.29) is 5.95 Å². The van der Waals surface area contributed by atoms with Crippen LogP contribution in [0, 0.1) is 0 Å². The van der Waals surface area contributed by atoms with Crippen LogP contribution in [-0.4, -0.2) is 16.6 Å². The molecule has 0 aliphatic rings. The van der Waals surface area contributed by atoms with Crippen LogP contribution < -0.4 is 5.32 Å². The molecule has 0 bridgehead atoms. The van der Waals surface area contributed by atoms with Gasteiger partial charge >= 0.3 is 6.18 Å². The maximum atomic E-state index is 12.5. The molecule has 4 nitrogen and oxygen atoms in total. The zero-order valence-electron chi connectivity index (χ0n) is 11.3. The van der Waals surface area contributed by atoms with Crippen molar-refractivity contribution in [3.05, 3.63) is 47.8 Å². The van der Waals surface area contributed by atoms with Gasteiger partial charge < -0.3 is 10.1 Å². The van der Waals surface area contributed by atoms with Gasteiger partial charge in [-0.25, -0.2) is 9.97 Å². The minimum atomic E-state index is -4.49. The Hall–Kier alpha value is -2.15. The first-order valence-corrected chi connectivity index (χ1v) is 6.33. The Labute approximate surface area is 120 Å². The van der Waals surface area contributed by atoms with Crippen LogP contribution in [0.25, 0.3) is 0 Å². The third-order valence-corrected chi connectivity index (χ3v) is 2.63. The Balaban J connectivity index is 2.08. The van der Waals surface area contributed by atoms with Crippen LogP contribution in [0.5, 0.6) is 0 Å². The second kappa shape index (κ2) is 6.53. The van der Waals surface area contributed by atoms with Gasteiger partial charge in [0.05, 0.1) is 6.61 Å². The molecule has 0 spiro atoms. The molecule has 21 heavy (non-hydrogen) atoms. The molecule has 1 aromatic heterocycles. The molecule has 0 unspecified atom stereocenters. The van der Waals surface area contributed by atoms with Crippen molar-refractivity contribution in [2.24, 2.45) is 0 Å². The van der Waals surface area contributed by atoms with Crippen molar-refractivity contribution in [1.82, 2.24) is 9.97 Å². The first kappa shape index (κ1) is 15.2. The summed E-state index contributed by atoms with van der Waals surface area (Å²) >= 11 is 0. The van der Waals surface area contributed by atoms with E-state index >= 15 is 0 Å². The van der Waals surface area contributed by atoms with Crippen LogP contribution in [0.3, 0.4) is 0 Å². The third-order valence-electron chi connectivity index (χ3n) is 2.63. The summed E-state index contributed by atoms with van der Waals surface area (Å²) < 4.78 is 42.9. The number of hydrogen-bond donors (Lipinski definition) is 1. The summed E-state index contributed by atoms with van der Waals surface area (Å²) in [5, 5.41) is 2.74. The Bertz CT molecular complexity index is 585. The number of alkyl halides is 3. The summed E-state index contributed by atoms with van der Waals surface area (Å²) in [6, 6.07) is 7.95. The second-order valence-corrected chi connectivity index (χ2v) is 4.22. The minimum Gasteiger partial charge on any atom is -0.377 e. The Morgan fingerprint density at radius 3 is 2.48 bits per heavy atom. The average molecular weight is 297 g/mol. The Morgan fingerprint density at radius 2 is 1.86 bits per heavy atom. The number of hydrogen-bond acceptors (Lipinski definition) is 4. The number of benzene rings is 1. The molecule has 0 aliphatic carbocycles. The van der Waals surface area contributed by atoms with Crippen LogP contribution in [0.15, 0.2) is 36.5 Å². The molecule has 1 aromatic carbocycles. The number of rotatable bonds is 5. The molecule has 0 radical (unpaired) electrons. The molecular weight excluding hydrogens is 283 g/mol. The highest BCUT2D eigenvalue weighted by Gasteiger charge is 2.32. The first-order valence-electron chi connectivity index (χ1n) is 6.33. The third kappa shape index (κ3) is 4.42. The number of nitrogens with one attached hydrogen (secondary N) is 1. The molecular formula is C14H14F3N3O. The van der Waals surface area contributed by atoms with Crippen LogP contribution in [0.1, 0.15) is 18.2 Å². The second-order valence-electron chi connectivity index (χ2n) is 4.22. The Kier molecular flexibility index (Phi) is 4.74. The lowest BCUT2D eigenvalue weighted by molar-refractivity contribution is -0.141. The fraction of sp³-hybridized carbons (Fsp3) is 0.286. The summed E-state index contributed by atoms with van der Waals surface area (Å²) in [5.74, 6) is -0.0950. The van der Waals surface area contributed by atoms with Crippen molar-refractivity contribution in [3.63, 3.8) is 0 Å². The van der Waals surface area contributed by atoms with Crippen molar-refractivity contribution >= 4 is 11.6 Å². The average Bonchev–Trinajstić information content (AvgIpc) is 2.46. The van der Waals surface area contributed by atoms with Crippen LogP contribution in [0.4, 0.5) is 24.8 Å². The lowest BCUT2D eigenvalue weighted by Crippen LogP contribution is -2.10. The molecule has 0 saturated carbocycles. The predicted octanol–water partition coefficient (Wildman–Crippen LogP) is 3.78. The molecule has 1 N–H and O–H groups in total. The van der Waals surface area contributed by atoms with Gasteiger partial charge in [0.2, 0.25) is 5.95 Å². The number of anilines is 2. The largest absolute Gasteiger partial charge is 0.433 e. The van der Waals surface area contributed by atoms with Crippen molar-refractivity contribution in [2.45, 2.75) is 19.7 Å². The first-order chi connectivity index (χ1) is 9.99. The predicted molar refractivity (Wildman–Crippen MR) is 72.1 cm³/mol. The van der Waals surface area contributed by atoms with Crippen molar-refractivity contribution in [2.75, 3.05) is 11.9 Å². The van der Waals surface area contributed by atoms with E-state index in [4.69, 9.17) is 4.74 Å². The summed E-state index contributed by atoms with van der Waals surface area (Å²) in [4.78, 5) is 7.21. The van der Waals surface area contributed by atoms with Gasteiger partial charge in [-0.15, -0.1) is 0 Å². The highest BCUT2D eigenvalue weighted by molar-refractivity contribution is 5.53. The maximum Gasteiger partial charge on any atom is 0.433 e. The van der Waals surface area contributed by atoms with E-state index in [0.29, 0.717) is 18.9 Å². The van der Waals surface area contributed by atoms with Gasteiger partial charge in [-0.1, -0.05) is 12.1 Å². The van der Waals surface area contributed by atoms with E-state index in [0.717, 1.165) is 17.8 Å². The standard InChI is InChI=1S/C14H14F3N3O/c1-2-21-9-10-3-5-11(6-4-10)19-13-18-8-7-12(20-13)14(15,16)17/h3-8H,2,9H2,1H3,(H,18,19,20). The number of ether oxygens (including phenoxy) is 1. The van der Waals surface area contributed by atoms with E-state index < -0.39 is 11.9 Å². The molecule has 0 saturated heterocycles. The van der Waals surface area contributed by atoms with Gasteiger partial charge in [0.25, 0.3) is 0 Å². The van der Waals surface area contributed by atoms with Gasteiger partial charge in [0.15, 0.2) is 0 Å². The van der Waals surface area contributed by atoms with Crippen LogP contribution in [-0.2, 0) is 17.5 Å². The number of nitrogens with zero attached hydrogens (tertiary/aromatic N) is 2. The molecule has 7 heteroatoms. The summed E-state index contributed by atoms with van der Waals surface area (Å²) in [7, 11) is 0. The van der Waals surface area contributed by atoms with E-state index in [1.54, 1.807) is 12.1 Å². The monoisotopic (exact) mass is 297 g/mol. The molecule has 112 valence electrons. The topological polar surface area (TPSA) is 47.0 Å². The van der Waals surface area contributed by atoms with Gasteiger partial charge in [0.1, 0.15) is 5.69 Å². The van der Waals surface area contributed by atoms with Gasteiger partial charge in [-0.3, -0.25) is 0 Å². The summed E-state index contributed by atoms with van der Waals surface area (Å²) in [6.45, 7) is 3.02. The van der Waals surface area contributed by atoms with E-state index in [1.165, 1.54) is 0 Å². The molecule has 0 amide bonds. The molecule has 0 fully saturated rings. The lowest BCUT2D eigenvalue weighted by Gasteiger charge is -2.09. The number of halogens is 3. The fourth-order valence-corrected chi connectivity index (χ4v) is 1.61. The SMILES string of the molecule is CCOCc1ccc(Nc2nccc(C(F)(F)F)n2)cc1. The van der Waals surface area contributed by atoms with Gasteiger partial charge in [-0.05, 0) is 30.7 Å². The highest BCUT2D eigenvalue weighted by Crippen LogP contribution is 2.28. The quantitative estimate of drug-likeness (QED) is 0.912. The van der Waals surface area contributed by atoms with E-state index in [9.17, 15) is 13.2 Å². The van der Waals surface area contributed by atoms with Crippen LogP contribution in [0.2, 0.25) is 0 Å².